The number of hydrogen-bond acceptors (Lipinski definition) is 5. The second-order valence-corrected chi connectivity index (χ2v) is 9.63. The van der Waals surface area contributed by atoms with Crippen LogP contribution in [0.5, 0.6) is 5.75 Å². The van der Waals surface area contributed by atoms with Gasteiger partial charge >= 0.3 is 0 Å². The van der Waals surface area contributed by atoms with Gasteiger partial charge in [-0.3, -0.25) is 9.59 Å². The summed E-state index contributed by atoms with van der Waals surface area (Å²) in [5.41, 5.74) is 0.0568. The van der Waals surface area contributed by atoms with Crippen molar-refractivity contribution >= 4 is 23.4 Å². The van der Waals surface area contributed by atoms with Crippen LogP contribution in [0.25, 0.3) is 0 Å². The van der Waals surface area contributed by atoms with E-state index < -0.39 is 5.60 Å². The average molecular weight is 466 g/mol. The molecular weight excluding hydrogens is 430 g/mol. The van der Waals surface area contributed by atoms with Crippen LogP contribution in [0.4, 0.5) is 0 Å². The van der Waals surface area contributed by atoms with E-state index in [0.717, 1.165) is 31.5 Å². The van der Waals surface area contributed by atoms with E-state index in [1.807, 2.05) is 47.9 Å². The molecule has 0 N–H and O–H groups in total. The van der Waals surface area contributed by atoms with Gasteiger partial charge in [0.25, 0.3) is 0 Å². The third-order valence-corrected chi connectivity index (χ3v) is 6.61. The van der Waals surface area contributed by atoms with Crippen molar-refractivity contribution in [3.05, 3.63) is 28.8 Å². The Bertz CT molecular complexity index is 797. The Morgan fingerprint density at radius 2 is 1.88 bits per heavy atom. The minimum Gasteiger partial charge on any atom is -0.490 e. The highest BCUT2D eigenvalue weighted by Crippen LogP contribution is 2.28. The lowest BCUT2D eigenvalue weighted by Gasteiger charge is -2.43. The molecule has 0 spiro atoms. The van der Waals surface area contributed by atoms with Crippen LogP contribution in [0.15, 0.2) is 18.2 Å². The Labute approximate surface area is 196 Å². The minimum absolute atomic E-state index is 0.0724. The number of halogens is 1. The zero-order valence-electron chi connectivity index (χ0n) is 19.6. The van der Waals surface area contributed by atoms with Crippen LogP contribution in [0.3, 0.4) is 0 Å². The number of carbonyl (C=O) groups is 2. The maximum Gasteiger partial charge on any atom is 0.225 e. The summed E-state index contributed by atoms with van der Waals surface area (Å²) in [6.45, 7) is 5.67. The molecule has 178 valence electrons. The summed E-state index contributed by atoms with van der Waals surface area (Å²) in [6, 6.07) is 5.50. The number of benzene rings is 1. The number of piperidine rings is 1. The van der Waals surface area contributed by atoms with Gasteiger partial charge in [0.1, 0.15) is 18.0 Å². The summed E-state index contributed by atoms with van der Waals surface area (Å²) in [5, 5.41) is 0.680. The molecule has 2 heterocycles. The van der Waals surface area contributed by atoms with E-state index >= 15 is 0 Å². The van der Waals surface area contributed by atoms with Crippen LogP contribution in [0.2, 0.25) is 5.02 Å². The van der Waals surface area contributed by atoms with Crippen LogP contribution in [0, 0.1) is 6.92 Å². The van der Waals surface area contributed by atoms with E-state index in [4.69, 9.17) is 21.1 Å². The first-order valence-electron chi connectivity index (χ1n) is 11.5. The Kier molecular flexibility index (Phi) is 8.79. The number of amides is 2. The van der Waals surface area contributed by atoms with E-state index in [0.29, 0.717) is 43.4 Å². The fraction of sp³-hybridized carbons (Fsp3) is 0.667. The molecule has 2 fully saturated rings. The Balaban J connectivity index is 1.73. The molecule has 0 saturated carbocycles. The van der Waals surface area contributed by atoms with Crippen molar-refractivity contribution in [2.75, 3.05) is 60.0 Å². The number of nitrogens with zero attached hydrogens (tertiary/aromatic N) is 3. The van der Waals surface area contributed by atoms with Gasteiger partial charge in [-0.25, -0.2) is 0 Å². The highest BCUT2D eigenvalue weighted by molar-refractivity contribution is 6.31. The lowest BCUT2D eigenvalue weighted by molar-refractivity contribution is -0.166. The predicted octanol–water partition coefficient (Wildman–Crippen LogP) is 2.98. The first kappa shape index (κ1) is 24.8. The van der Waals surface area contributed by atoms with Crippen LogP contribution in [-0.4, -0.2) is 92.1 Å². The Hall–Kier alpha value is -1.83. The van der Waals surface area contributed by atoms with Gasteiger partial charge in [0, 0.05) is 37.6 Å². The monoisotopic (exact) mass is 465 g/mol. The van der Waals surface area contributed by atoms with Gasteiger partial charge in [-0.1, -0.05) is 11.6 Å². The van der Waals surface area contributed by atoms with Gasteiger partial charge in [-0.05, 0) is 64.0 Å². The summed E-state index contributed by atoms with van der Waals surface area (Å²) in [5.74, 6) is 0.832. The minimum atomic E-state index is -0.867. The summed E-state index contributed by atoms with van der Waals surface area (Å²) < 4.78 is 12.3. The summed E-state index contributed by atoms with van der Waals surface area (Å²) in [6.07, 6.45) is 3.89. The summed E-state index contributed by atoms with van der Waals surface area (Å²) >= 11 is 6.14. The summed E-state index contributed by atoms with van der Waals surface area (Å²) in [4.78, 5) is 31.7. The standard InChI is InChI=1S/C24H36ClN3O4/c1-19-15-20(7-8-21(19)25)31-18-24(16-23(30)27-10-5-4-6-11-27)17-28(13-14-32-24)22(29)9-12-26(2)3/h7-8,15H,4-6,9-14,16-18H2,1-3H3. The highest BCUT2D eigenvalue weighted by Gasteiger charge is 2.42. The molecule has 1 aromatic carbocycles. The molecule has 1 unspecified atom stereocenters. The fourth-order valence-electron chi connectivity index (χ4n) is 4.23. The number of aryl methyl sites for hydroxylation is 1. The van der Waals surface area contributed by atoms with E-state index in [1.165, 1.54) is 6.42 Å². The fourth-order valence-corrected chi connectivity index (χ4v) is 4.35. The van der Waals surface area contributed by atoms with Crippen molar-refractivity contribution in [2.45, 2.75) is 44.6 Å². The summed E-state index contributed by atoms with van der Waals surface area (Å²) in [7, 11) is 3.91. The third kappa shape index (κ3) is 6.83. The van der Waals surface area contributed by atoms with Gasteiger partial charge in [0.15, 0.2) is 0 Å². The smallest absolute Gasteiger partial charge is 0.225 e. The first-order valence-corrected chi connectivity index (χ1v) is 11.9. The Morgan fingerprint density at radius 3 is 2.56 bits per heavy atom. The number of morpholine rings is 1. The van der Waals surface area contributed by atoms with Crippen LogP contribution in [0.1, 0.15) is 37.7 Å². The second-order valence-electron chi connectivity index (χ2n) is 9.22. The molecular formula is C24H36ClN3O4. The van der Waals surface area contributed by atoms with Crippen LogP contribution < -0.4 is 4.74 Å². The number of carbonyl (C=O) groups excluding carboxylic acids is 2. The number of ether oxygens (including phenoxy) is 2. The maximum atomic E-state index is 13.1. The third-order valence-electron chi connectivity index (χ3n) is 6.19. The largest absolute Gasteiger partial charge is 0.490 e. The SMILES string of the molecule is Cc1cc(OCC2(CC(=O)N3CCCCC3)CN(C(=O)CCN(C)C)CCO2)ccc1Cl. The molecule has 2 aliphatic rings. The van der Waals surface area contributed by atoms with Crippen molar-refractivity contribution in [3.63, 3.8) is 0 Å². The lowest BCUT2D eigenvalue weighted by atomic mass is 9.96. The van der Waals surface area contributed by atoms with Gasteiger partial charge in [0.05, 0.1) is 19.6 Å². The molecule has 0 aromatic heterocycles. The predicted molar refractivity (Wildman–Crippen MR) is 125 cm³/mol. The maximum absolute atomic E-state index is 13.1. The van der Waals surface area contributed by atoms with E-state index in [-0.39, 0.29) is 24.8 Å². The van der Waals surface area contributed by atoms with Crippen molar-refractivity contribution in [1.82, 2.24) is 14.7 Å². The van der Waals surface area contributed by atoms with Gasteiger partial charge < -0.3 is 24.2 Å². The quantitative estimate of drug-likeness (QED) is 0.590. The van der Waals surface area contributed by atoms with Gasteiger partial charge in [-0.15, -0.1) is 0 Å². The molecule has 2 aliphatic heterocycles. The molecule has 0 bridgehead atoms. The number of likely N-dealkylation sites (tertiary alicyclic amines) is 1. The Morgan fingerprint density at radius 1 is 1.12 bits per heavy atom. The highest BCUT2D eigenvalue weighted by atomic mass is 35.5. The molecule has 8 heteroatoms. The van der Waals surface area contributed by atoms with Crippen LogP contribution >= 0.6 is 11.6 Å². The van der Waals surface area contributed by atoms with Crippen molar-refractivity contribution in [3.8, 4) is 5.75 Å². The molecule has 1 aromatic rings. The second kappa shape index (κ2) is 11.3. The molecule has 0 radical (unpaired) electrons. The van der Waals surface area contributed by atoms with E-state index in [9.17, 15) is 9.59 Å². The molecule has 2 amide bonds. The molecule has 1 atom stereocenters. The van der Waals surface area contributed by atoms with Crippen LogP contribution in [-0.2, 0) is 14.3 Å². The van der Waals surface area contributed by atoms with Crippen molar-refractivity contribution < 1.29 is 19.1 Å². The van der Waals surface area contributed by atoms with E-state index in [2.05, 4.69) is 0 Å². The zero-order chi connectivity index (χ0) is 23.1. The number of rotatable bonds is 8. The lowest BCUT2D eigenvalue weighted by Crippen LogP contribution is -2.58. The van der Waals surface area contributed by atoms with Crippen molar-refractivity contribution in [2.24, 2.45) is 0 Å². The molecule has 7 nitrogen and oxygen atoms in total. The average Bonchev–Trinajstić information content (AvgIpc) is 2.79. The number of hydrogen-bond donors (Lipinski definition) is 0. The molecule has 32 heavy (non-hydrogen) atoms. The van der Waals surface area contributed by atoms with Crippen molar-refractivity contribution in [1.29, 1.82) is 0 Å². The molecule has 0 aliphatic carbocycles. The zero-order valence-corrected chi connectivity index (χ0v) is 20.3. The first-order chi connectivity index (χ1) is 15.3. The topological polar surface area (TPSA) is 62.3 Å². The molecule has 2 saturated heterocycles. The van der Waals surface area contributed by atoms with Gasteiger partial charge in [-0.2, -0.15) is 0 Å². The van der Waals surface area contributed by atoms with Gasteiger partial charge in [0.2, 0.25) is 11.8 Å². The molecule has 3 rings (SSSR count). The van der Waals surface area contributed by atoms with E-state index in [1.54, 1.807) is 6.07 Å². The normalized spacial score (nSPS) is 21.7.